The van der Waals surface area contributed by atoms with Crippen LogP contribution in [-0.4, -0.2) is 43.0 Å². The van der Waals surface area contributed by atoms with Crippen molar-refractivity contribution in [3.05, 3.63) is 24.3 Å². The molecule has 1 saturated heterocycles. The third-order valence-electron chi connectivity index (χ3n) is 3.93. The van der Waals surface area contributed by atoms with Gasteiger partial charge in [-0.2, -0.15) is 0 Å². The fourth-order valence-corrected chi connectivity index (χ4v) is 2.55. The molecule has 1 aliphatic rings. The Morgan fingerprint density at radius 2 is 1.73 bits per heavy atom. The molecule has 120 valence electrons. The summed E-state index contributed by atoms with van der Waals surface area (Å²) >= 11 is 0. The molecule has 1 heterocycles. The van der Waals surface area contributed by atoms with E-state index in [1.807, 2.05) is 0 Å². The van der Waals surface area contributed by atoms with Crippen molar-refractivity contribution in [1.29, 1.82) is 0 Å². The predicted molar refractivity (Wildman–Crippen MR) is 81.6 cm³/mol. The summed E-state index contributed by atoms with van der Waals surface area (Å²) in [6.07, 6.45) is 0.672. The van der Waals surface area contributed by atoms with E-state index in [2.05, 4.69) is 0 Å². The number of piperidine rings is 1. The third-order valence-corrected chi connectivity index (χ3v) is 3.93. The van der Waals surface area contributed by atoms with E-state index < -0.39 is 6.10 Å². The molecule has 0 radical (unpaired) electrons. The van der Waals surface area contributed by atoms with Crippen LogP contribution in [0.1, 0.15) is 19.8 Å². The zero-order valence-corrected chi connectivity index (χ0v) is 13.0. The third kappa shape index (κ3) is 3.90. The highest BCUT2D eigenvalue weighted by Crippen LogP contribution is 2.21. The SMILES string of the molecule is COc1ccc(OC(C)C(=O)N2CCC(C(N)=O)CC2)cc1. The first-order valence-electron chi connectivity index (χ1n) is 7.40. The van der Waals surface area contributed by atoms with E-state index in [0.29, 0.717) is 31.7 Å². The minimum Gasteiger partial charge on any atom is -0.497 e. The van der Waals surface area contributed by atoms with Crippen LogP contribution in [0, 0.1) is 5.92 Å². The van der Waals surface area contributed by atoms with Crippen molar-refractivity contribution in [1.82, 2.24) is 4.90 Å². The monoisotopic (exact) mass is 306 g/mol. The van der Waals surface area contributed by atoms with Crippen molar-refractivity contribution in [3.8, 4) is 11.5 Å². The van der Waals surface area contributed by atoms with Crippen LogP contribution >= 0.6 is 0 Å². The second-order valence-corrected chi connectivity index (χ2v) is 5.44. The molecule has 1 unspecified atom stereocenters. The lowest BCUT2D eigenvalue weighted by molar-refractivity contribution is -0.140. The van der Waals surface area contributed by atoms with Crippen molar-refractivity contribution >= 4 is 11.8 Å². The van der Waals surface area contributed by atoms with Crippen LogP contribution in [0.2, 0.25) is 0 Å². The first-order valence-corrected chi connectivity index (χ1v) is 7.40. The van der Waals surface area contributed by atoms with Crippen LogP contribution < -0.4 is 15.2 Å². The highest BCUT2D eigenvalue weighted by molar-refractivity contribution is 5.82. The summed E-state index contributed by atoms with van der Waals surface area (Å²) in [5.41, 5.74) is 5.30. The van der Waals surface area contributed by atoms with E-state index in [0.717, 1.165) is 5.75 Å². The van der Waals surface area contributed by atoms with Gasteiger partial charge >= 0.3 is 0 Å². The lowest BCUT2D eigenvalue weighted by atomic mass is 9.96. The van der Waals surface area contributed by atoms with Gasteiger partial charge in [-0.25, -0.2) is 0 Å². The van der Waals surface area contributed by atoms with Crippen molar-refractivity contribution in [2.75, 3.05) is 20.2 Å². The van der Waals surface area contributed by atoms with Crippen LogP contribution in [0.5, 0.6) is 11.5 Å². The van der Waals surface area contributed by atoms with Gasteiger partial charge in [0.2, 0.25) is 5.91 Å². The van der Waals surface area contributed by atoms with Crippen molar-refractivity contribution in [3.63, 3.8) is 0 Å². The maximum Gasteiger partial charge on any atom is 0.263 e. The second-order valence-electron chi connectivity index (χ2n) is 5.44. The van der Waals surface area contributed by atoms with E-state index in [-0.39, 0.29) is 17.7 Å². The Labute approximate surface area is 130 Å². The van der Waals surface area contributed by atoms with Crippen molar-refractivity contribution in [2.45, 2.75) is 25.9 Å². The van der Waals surface area contributed by atoms with Gasteiger partial charge in [-0.1, -0.05) is 0 Å². The van der Waals surface area contributed by atoms with Gasteiger partial charge in [-0.05, 0) is 44.0 Å². The van der Waals surface area contributed by atoms with Crippen LogP contribution in [0.25, 0.3) is 0 Å². The zero-order chi connectivity index (χ0) is 16.1. The Morgan fingerprint density at radius 3 is 2.23 bits per heavy atom. The zero-order valence-electron chi connectivity index (χ0n) is 13.0. The molecular formula is C16H22N2O4. The molecule has 6 heteroatoms. The number of methoxy groups -OCH3 is 1. The molecule has 1 aliphatic heterocycles. The maximum absolute atomic E-state index is 12.4. The number of carbonyl (C=O) groups is 2. The molecule has 1 fully saturated rings. The van der Waals surface area contributed by atoms with Crippen LogP contribution in [0.4, 0.5) is 0 Å². The molecule has 0 aliphatic carbocycles. The molecule has 0 spiro atoms. The molecule has 22 heavy (non-hydrogen) atoms. The standard InChI is InChI=1S/C16H22N2O4/c1-11(22-14-5-3-13(21-2)4-6-14)16(20)18-9-7-12(8-10-18)15(17)19/h3-6,11-12H,7-10H2,1-2H3,(H2,17,19). The number of benzene rings is 1. The van der Waals surface area contributed by atoms with Crippen molar-refractivity contribution < 1.29 is 19.1 Å². The van der Waals surface area contributed by atoms with Gasteiger partial charge in [0, 0.05) is 19.0 Å². The number of nitrogens with two attached hydrogens (primary N) is 1. The molecular weight excluding hydrogens is 284 g/mol. The lowest BCUT2D eigenvalue weighted by Crippen LogP contribution is -2.46. The smallest absolute Gasteiger partial charge is 0.263 e. The van der Waals surface area contributed by atoms with E-state index in [1.165, 1.54) is 0 Å². The number of carbonyl (C=O) groups excluding carboxylic acids is 2. The Balaban J connectivity index is 1.88. The molecule has 1 aromatic rings. The maximum atomic E-state index is 12.4. The van der Waals surface area contributed by atoms with Gasteiger partial charge in [0.05, 0.1) is 7.11 Å². The number of amides is 2. The number of rotatable bonds is 5. The first kappa shape index (κ1) is 16.1. The average molecular weight is 306 g/mol. The molecule has 6 nitrogen and oxygen atoms in total. The number of hydrogen-bond donors (Lipinski definition) is 1. The molecule has 0 aromatic heterocycles. The Morgan fingerprint density at radius 1 is 1.18 bits per heavy atom. The van der Waals surface area contributed by atoms with Gasteiger partial charge in [0.1, 0.15) is 11.5 Å². The topological polar surface area (TPSA) is 81.9 Å². The van der Waals surface area contributed by atoms with Crippen molar-refractivity contribution in [2.24, 2.45) is 11.7 Å². The second kappa shape index (κ2) is 7.15. The normalized spacial score (nSPS) is 16.9. The number of hydrogen-bond acceptors (Lipinski definition) is 4. The van der Waals surface area contributed by atoms with Gasteiger partial charge in [-0.15, -0.1) is 0 Å². The lowest BCUT2D eigenvalue weighted by Gasteiger charge is -2.32. The summed E-state index contributed by atoms with van der Waals surface area (Å²) in [5.74, 6) is 0.878. The quantitative estimate of drug-likeness (QED) is 0.886. The summed E-state index contributed by atoms with van der Waals surface area (Å²) < 4.78 is 10.7. The van der Waals surface area contributed by atoms with E-state index in [1.54, 1.807) is 43.2 Å². The van der Waals surface area contributed by atoms with Gasteiger partial charge in [0.15, 0.2) is 6.10 Å². The fourth-order valence-electron chi connectivity index (χ4n) is 2.55. The minimum atomic E-state index is -0.571. The molecule has 2 rings (SSSR count). The molecule has 2 amide bonds. The van der Waals surface area contributed by atoms with Gasteiger partial charge in [0.25, 0.3) is 5.91 Å². The van der Waals surface area contributed by atoms with Crippen LogP contribution in [0.15, 0.2) is 24.3 Å². The Kier molecular flexibility index (Phi) is 5.25. The highest BCUT2D eigenvalue weighted by Gasteiger charge is 2.28. The van der Waals surface area contributed by atoms with Crippen LogP contribution in [0.3, 0.4) is 0 Å². The molecule has 2 N–H and O–H groups in total. The molecule has 1 atom stereocenters. The first-order chi connectivity index (χ1) is 10.5. The van der Waals surface area contributed by atoms with E-state index in [9.17, 15) is 9.59 Å². The largest absolute Gasteiger partial charge is 0.497 e. The average Bonchev–Trinajstić information content (AvgIpc) is 2.55. The number of nitrogens with zero attached hydrogens (tertiary/aromatic N) is 1. The van der Waals surface area contributed by atoms with Gasteiger partial charge in [-0.3, -0.25) is 9.59 Å². The summed E-state index contributed by atoms with van der Waals surface area (Å²) in [6.45, 7) is 2.82. The predicted octanol–water partition coefficient (Wildman–Crippen LogP) is 1.19. The number of primary amides is 1. The van der Waals surface area contributed by atoms with Crippen LogP contribution in [-0.2, 0) is 9.59 Å². The molecule has 0 bridgehead atoms. The number of ether oxygens (including phenoxy) is 2. The summed E-state index contributed by atoms with van der Waals surface area (Å²) in [6, 6.07) is 7.10. The fraction of sp³-hybridized carbons (Fsp3) is 0.500. The highest BCUT2D eigenvalue weighted by atomic mass is 16.5. The van der Waals surface area contributed by atoms with Gasteiger partial charge < -0.3 is 20.1 Å². The summed E-state index contributed by atoms with van der Waals surface area (Å²) in [5, 5.41) is 0. The summed E-state index contributed by atoms with van der Waals surface area (Å²) in [4.78, 5) is 25.2. The van der Waals surface area contributed by atoms with E-state index in [4.69, 9.17) is 15.2 Å². The molecule has 0 saturated carbocycles. The number of likely N-dealkylation sites (tertiary alicyclic amines) is 1. The Bertz CT molecular complexity index is 521. The van der Waals surface area contributed by atoms with E-state index >= 15 is 0 Å². The molecule has 1 aromatic carbocycles. The summed E-state index contributed by atoms with van der Waals surface area (Å²) in [7, 11) is 1.59. The Hall–Kier alpha value is -2.24. The minimum absolute atomic E-state index is 0.0706.